The molecule has 8 atom stereocenters. The van der Waals surface area contributed by atoms with Gasteiger partial charge in [0.2, 0.25) is 5.12 Å². The Morgan fingerprint density at radius 2 is 1.80 bits per heavy atom. The maximum Gasteiger partial charge on any atom is 0.325 e. The number of aliphatic hydroxyl groups excluding tert-OH is 1. The average Bonchev–Trinajstić information content (AvgIpc) is 3.09. The lowest BCUT2D eigenvalue weighted by atomic mass is 9.44. The number of fused-ring (bicyclic) bond motifs is 5. The maximum atomic E-state index is 17.4. The Balaban J connectivity index is 1.65. The highest BCUT2D eigenvalue weighted by molar-refractivity contribution is 8.13. The molecule has 41 heavy (non-hydrogen) atoms. The third-order valence-corrected chi connectivity index (χ3v) is 12.0. The van der Waals surface area contributed by atoms with Crippen molar-refractivity contribution in [3.8, 4) is 0 Å². The zero-order valence-electron chi connectivity index (χ0n) is 23.4. The summed E-state index contributed by atoms with van der Waals surface area (Å²) in [4.78, 5) is 57.9. The summed E-state index contributed by atoms with van der Waals surface area (Å²) < 4.78 is 63.6. The molecule has 0 bridgehead atoms. The van der Waals surface area contributed by atoms with E-state index in [0.717, 1.165) is 12.2 Å². The van der Waals surface area contributed by atoms with Crippen molar-refractivity contribution >= 4 is 36.2 Å². The summed E-state index contributed by atoms with van der Waals surface area (Å²) in [6.45, 7) is 4.76. The summed E-state index contributed by atoms with van der Waals surface area (Å²) in [6.07, 6.45) is 0.371. The van der Waals surface area contributed by atoms with E-state index in [4.69, 9.17) is 14.5 Å². The first-order valence-electron chi connectivity index (χ1n) is 14.0. The van der Waals surface area contributed by atoms with Gasteiger partial charge in [-0.1, -0.05) is 20.3 Å². The molecule has 0 unspecified atom stereocenters. The number of hydrogen-bond acceptors (Lipinski definition) is 7. The molecule has 4 aliphatic rings. The van der Waals surface area contributed by atoms with E-state index in [9.17, 15) is 28.4 Å². The molecule has 3 N–H and O–H groups in total. The molecule has 0 amide bonds. The minimum atomic E-state index is -4.16. The van der Waals surface area contributed by atoms with E-state index in [2.05, 4.69) is 0 Å². The largest absolute Gasteiger partial charge is 0.508 e. The third-order valence-electron chi connectivity index (χ3n) is 10.4. The van der Waals surface area contributed by atoms with Gasteiger partial charge in [0.15, 0.2) is 11.4 Å². The molecule has 0 saturated heterocycles. The van der Waals surface area contributed by atoms with Crippen molar-refractivity contribution in [2.24, 2.45) is 28.6 Å². The number of aliphatic hydroxyl groups is 1. The number of carbonyl (C=O) groups is 3. The van der Waals surface area contributed by atoms with Gasteiger partial charge in [0.25, 0.3) is 0 Å². The SMILES string of the molecule is C[C@@H]1C[C@H]2[C@@H]3C[C@H](F)C4=CC(O)=CC(=O)[C@@]4(C)[C@@]3(F)CC[C@]2(C)[C@@]1(OC(=O)CCCCCP(=O)(O)O)C(=O)SCF. The molecule has 0 aromatic rings. The number of alkyl halides is 3. The molecule has 0 aliphatic heterocycles. The van der Waals surface area contributed by atoms with Crippen LogP contribution in [-0.2, 0) is 23.7 Å². The van der Waals surface area contributed by atoms with Crippen LogP contribution in [0.25, 0.3) is 0 Å². The standard InChI is InChI=1S/C28H38F3O8PS/c1-16-11-18-19-14-21(30)20-12-17(32)13-22(33)26(20,3)27(19,31)9-8-25(18,2)28(16,24(35)41-15-29)39-23(34)7-5-4-6-10-40(36,37)38/h12-13,16,18-19,21,32H,4-11,14-15H2,1-3H3,(H2,36,37,38)/t16-,18+,19+,21+,25+,26+,27-,28+/m1/s1. The lowest BCUT2D eigenvalue weighted by Crippen LogP contribution is -2.67. The number of unbranched alkanes of at least 4 members (excludes halogenated alkanes) is 2. The van der Waals surface area contributed by atoms with Crippen LogP contribution in [0.4, 0.5) is 13.2 Å². The normalized spacial score (nSPS) is 40.1. The summed E-state index contributed by atoms with van der Waals surface area (Å²) in [6, 6.07) is -1.06. The van der Waals surface area contributed by atoms with E-state index in [1.54, 1.807) is 13.8 Å². The Hall–Kier alpha value is -1.62. The highest BCUT2D eigenvalue weighted by Gasteiger charge is 2.77. The Morgan fingerprint density at radius 3 is 2.44 bits per heavy atom. The molecule has 4 rings (SSSR count). The molecule has 0 radical (unpaired) electrons. The molecule has 0 spiro atoms. The molecular formula is C28H38F3O8PS. The molecule has 0 heterocycles. The lowest BCUT2D eigenvalue weighted by Gasteiger charge is -2.61. The van der Waals surface area contributed by atoms with Crippen molar-refractivity contribution in [1.29, 1.82) is 0 Å². The van der Waals surface area contributed by atoms with Gasteiger partial charge in [-0.05, 0) is 74.8 Å². The van der Waals surface area contributed by atoms with E-state index >= 15 is 8.78 Å². The van der Waals surface area contributed by atoms with Crippen LogP contribution in [0.15, 0.2) is 23.5 Å². The minimum absolute atomic E-state index is 0.0198. The van der Waals surface area contributed by atoms with Crippen LogP contribution in [-0.4, -0.2) is 61.4 Å². The van der Waals surface area contributed by atoms with Gasteiger partial charge < -0.3 is 19.6 Å². The Morgan fingerprint density at radius 1 is 1.12 bits per heavy atom. The first-order valence-corrected chi connectivity index (χ1v) is 16.8. The smallest absolute Gasteiger partial charge is 0.325 e. The summed E-state index contributed by atoms with van der Waals surface area (Å²) in [5.74, 6) is -4.21. The number of ketones is 1. The monoisotopic (exact) mass is 622 g/mol. The van der Waals surface area contributed by atoms with Crippen LogP contribution in [0, 0.1) is 28.6 Å². The second kappa shape index (κ2) is 11.1. The number of rotatable bonds is 9. The van der Waals surface area contributed by atoms with Crippen molar-refractivity contribution in [3.63, 3.8) is 0 Å². The van der Waals surface area contributed by atoms with Gasteiger partial charge in [0.05, 0.1) is 5.41 Å². The molecule has 13 heteroatoms. The molecule has 8 nitrogen and oxygen atoms in total. The molecule has 0 aromatic heterocycles. The van der Waals surface area contributed by atoms with E-state index in [-0.39, 0.29) is 56.7 Å². The van der Waals surface area contributed by atoms with E-state index in [0.29, 0.717) is 18.2 Å². The molecule has 0 aromatic carbocycles. The number of hydrogen-bond donors (Lipinski definition) is 3. The van der Waals surface area contributed by atoms with Crippen LogP contribution < -0.4 is 0 Å². The average molecular weight is 623 g/mol. The zero-order chi connectivity index (χ0) is 30.6. The zero-order valence-corrected chi connectivity index (χ0v) is 25.1. The Bertz CT molecular complexity index is 1220. The van der Waals surface area contributed by atoms with Crippen LogP contribution >= 0.6 is 19.4 Å². The van der Waals surface area contributed by atoms with Gasteiger partial charge >= 0.3 is 13.6 Å². The third kappa shape index (κ3) is 5.04. The summed E-state index contributed by atoms with van der Waals surface area (Å²) in [5.41, 5.74) is -7.12. The first kappa shape index (κ1) is 32.3. The number of esters is 1. The fourth-order valence-corrected chi connectivity index (χ4v) is 9.78. The van der Waals surface area contributed by atoms with Crippen LogP contribution in [0.3, 0.4) is 0 Å². The summed E-state index contributed by atoms with van der Waals surface area (Å²) in [7, 11) is -4.16. The second-order valence-electron chi connectivity index (χ2n) is 12.4. The quantitative estimate of drug-likeness (QED) is 0.169. The summed E-state index contributed by atoms with van der Waals surface area (Å²) >= 11 is 0.373. The Kier molecular flexibility index (Phi) is 8.78. The number of allylic oxidation sites excluding steroid dienone is 3. The van der Waals surface area contributed by atoms with E-state index < -0.39 is 82.3 Å². The van der Waals surface area contributed by atoms with Crippen molar-refractivity contribution in [1.82, 2.24) is 0 Å². The predicted molar refractivity (Wildman–Crippen MR) is 146 cm³/mol. The fourth-order valence-electron chi connectivity index (χ4n) is 8.35. The van der Waals surface area contributed by atoms with Gasteiger partial charge in [0.1, 0.15) is 23.6 Å². The first-order chi connectivity index (χ1) is 19.0. The van der Waals surface area contributed by atoms with Crippen molar-refractivity contribution in [2.75, 3.05) is 12.2 Å². The second-order valence-corrected chi connectivity index (χ2v) is 15.1. The predicted octanol–water partition coefficient (Wildman–Crippen LogP) is 5.67. The molecule has 3 fully saturated rings. The molecule has 230 valence electrons. The van der Waals surface area contributed by atoms with Gasteiger partial charge in [0, 0.05) is 35.9 Å². The number of carbonyl (C=O) groups excluding carboxylic acids is 3. The maximum absolute atomic E-state index is 17.4. The van der Waals surface area contributed by atoms with Gasteiger partial charge in [-0.15, -0.1) is 0 Å². The molecule has 4 aliphatic carbocycles. The van der Waals surface area contributed by atoms with E-state index in [1.165, 1.54) is 6.92 Å². The van der Waals surface area contributed by atoms with Gasteiger partial charge in [-0.3, -0.25) is 18.9 Å². The van der Waals surface area contributed by atoms with Crippen molar-refractivity contribution in [3.05, 3.63) is 23.5 Å². The number of halogens is 3. The topological polar surface area (TPSA) is 138 Å². The number of ether oxygens (including phenoxy) is 1. The molecular weight excluding hydrogens is 584 g/mol. The highest BCUT2D eigenvalue weighted by atomic mass is 32.2. The van der Waals surface area contributed by atoms with E-state index in [1.807, 2.05) is 0 Å². The molecule has 3 saturated carbocycles. The lowest BCUT2D eigenvalue weighted by molar-refractivity contribution is -0.202. The minimum Gasteiger partial charge on any atom is -0.508 e. The van der Waals surface area contributed by atoms with Crippen molar-refractivity contribution in [2.45, 2.75) is 89.6 Å². The fraction of sp³-hybridized carbons (Fsp3) is 0.750. The van der Waals surface area contributed by atoms with Crippen LogP contribution in [0.2, 0.25) is 0 Å². The van der Waals surface area contributed by atoms with Crippen molar-refractivity contribution < 1.29 is 51.8 Å². The summed E-state index contributed by atoms with van der Waals surface area (Å²) in [5, 5.41) is 9.27. The number of thioether (sulfide) groups is 1. The van der Waals surface area contributed by atoms with Gasteiger partial charge in [-0.25, -0.2) is 13.2 Å². The van der Waals surface area contributed by atoms with Gasteiger partial charge in [-0.2, -0.15) is 0 Å². The van der Waals surface area contributed by atoms with Crippen LogP contribution in [0.5, 0.6) is 0 Å². The van der Waals surface area contributed by atoms with Crippen LogP contribution in [0.1, 0.15) is 72.1 Å². The highest BCUT2D eigenvalue weighted by Crippen LogP contribution is 2.72. The Labute approximate surface area is 241 Å².